The molecular formula is C8H14. The second kappa shape index (κ2) is 4.63. The molecule has 0 aliphatic heterocycles. The van der Waals surface area contributed by atoms with Gasteiger partial charge >= 0.3 is 0 Å². The van der Waals surface area contributed by atoms with Crippen LogP contribution >= 0.6 is 0 Å². The standard InChI is InChI=1S/C8H14/c1-4-6-7-8(3)5-2/h5-7H,4H2,1-3H3/b7-6+,8-5?. The first-order valence-corrected chi connectivity index (χ1v) is 3.10. The van der Waals surface area contributed by atoms with Gasteiger partial charge in [0.2, 0.25) is 0 Å². The van der Waals surface area contributed by atoms with Crippen LogP contribution in [0.5, 0.6) is 0 Å². The minimum atomic E-state index is 1.13. The lowest BCUT2D eigenvalue weighted by molar-refractivity contribution is 1.22. The normalized spacial score (nSPS) is 13.1. The number of hydrogen-bond acceptors (Lipinski definition) is 0. The zero-order valence-corrected chi connectivity index (χ0v) is 5.94. The van der Waals surface area contributed by atoms with Gasteiger partial charge in [-0.2, -0.15) is 0 Å². The molecule has 0 aliphatic carbocycles. The Morgan fingerprint density at radius 3 is 2.50 bits per heavy atom. The van der Waals surface area contributed by atoms with E-state index in [1.165, 1.54) is 5.57 Å². The molecule has 0 saturated carbocycles. The monoisotopic (exact) mass is 110 g/mol. The van der Waals surface area contributed by atoms with Gasteiger partial charge in [-0.25, -0.2) is 0 Å². The zero-order valence-electron chi connectivity index (χ0n) is 5.94. The Bertz CT molecular complexity index is 96.6. The lowest BCUT2D eigenvalue weighted by Gasteiger charge is -1.84. The molecule has 0 amide bonds. The summed E-state index contributed by atoms with van der Waals surface area (Å²) in [7, 11) is 0. The van der Waals surface area contributed by atoms with E-state index in [0.29, 0.717) is 0 Å². The molecule has 0 nitrogen and oxygen atoms in total. The first-order chi connectivity index (χ1) is 3.81. The van der Waals surface area contributed by atoms with Crippen molar-refractivity contribution >= 4 is 0 Å². The smallest absolute Gasteiger partial charge is 0.0376 e. The molecule has 0 bridgehead atoms. The Hall–Kier alpha value is -0.520. The van der Waals surface area contributed by atoms with E-state index in [0.717, 1.165) is 6.42 Å². The van der Waals surface area contributed by atoms with E-state index in [1.54, 1.807) is 0 Å². The van der Waals surface area contributed by atoms with Crippen LogP contribution in [0.3, 0.4) is 0 Å². The highest BCUT2D eigenvalue weighted by molar-refractivity contribution is 5.14. The summed E-state index contributed by atoms with van der Waals surface area (Å²) >= 11 is 0. The Balaban J connectivity index is 3.53. The largest absolute Gasteiger partial charge is 0.0847 e. The van der Waals surface area contributed by atoms with E-state index in [-0.39, 0.29) is 0 Å². The van der Waals surface area contributed by atoms with Crippen molar-refractivity contribution < 1.29 is 0 Å². The lowest BCUT2D eigenvalue weighted by atomic mass is 10.2. The Morgan fingerprint density at radius 2 is 2.12 bits per heavy atom. The minimum absolute atomic E-state index is 1.13. The van der Waals surface area contributed by atoms with Gasteiger partial charge in [0.15, 0.2) is 0 Å². The van der Waals surface area contributed by atoms with Crippen LogP contribution in [0.4, 0.5) is 0 Å². The molecule has 0 heterocycles. The summed E-state index contributed by atoms with van der Waals surface area (Å²) in [5, 5.41) is 0. The van der Waals surface area contributed by atoms with Crippen molar-refractivity contribution in [2.24, 2.45) is 0 Å². The van der Waals surface area contributed by atoms with Gasteiger partial charge in [0, 0.05) is 0 Å². The second-order valence-corrected chi connectivity index (χ2v) is 1.84. The maximum atomic E-state index is 2.16. The van der Waals surface area contributed by atoms with Crippen molar-refractivity contribution in [3.05, 3.63) is 23.8 Å². The molecule has 0 aromatic heterocycles. The third-order valence-electron chi connectivity index (χ3n) is 1.07. The average molecular weight is 110 g/mol. The summed E-state index contributed by atoms with van der Waals surface area (Å²) < 4.78 is 0. The summed E-state index contributed by atoms with van der Waals surface area (Å²) in [6.07, 6.45) is 7.53. The second-order valence-electron chi connectivity index (χ2n) is 1.84. The van der Waals surface area contributed by atoms with E-state index in [4.69, 9.17) is 0 Å². The van der Waals surface area contributed by atoms with Crippen molar-refractivity contribution in [1.82, 2.24) is 0 Å². The molecule has 0 atom stereocenters. The number of allylic oxidation sites excluding steroid dienone is 4. The molecule has 0 radical (unpaired) electrons. The first-order valence-electron chi connectivity index (χ1n) is 3.10. The number of rotatable bonds is 2. The molecule has 46 valence electrons. The van der Waals surface area contributed by atoms with Crippen molar-refractivity contribution in [1.29, 1.82) is 0 Å². The van der Waals surface area contributed by atoms with Crippen LogP contribution in [0.1, 0.15) is 27.2 Å². The van der Waals surface area contributed by atoms with Crippen LogP contribution in [0.15, 0.2) is 23.8 Å². The average Bonchev–Trinajstić information content (AvgIpc) is 1.83. The number of hydrogen-bond donors (Lipinski definition) is 0. The van der Waals surface area contributed by atoms with E-state index in [9.17, 15) is 0 Å². The van der Waals surface area contributed by atoms with Gasteiger partial charge in [-0.3, -0.25) is 0 Å². The van der Waals surface area contributed by atoms with Gasteiger partial charge in [-0.1, -0.05) is 30.7 Å². The summed E-state index contributed by atoms with van der Waals surface area (Å²) in [5.41, 5.74) is 1.34. The fourth-order valence-electron chi connectivity index (χ4n) is 0.400. The third kappa shape index (κ3) is 3.66. The predicted octanol–water partition coefficient (Wildman–Crippen LogP) is 2.92. The van der Waals surface area contributed by atoms with Crippen LogP contribution in [0.25, 0.3) is 0 Å². The lowest BCUT2D eigenvalue weighted by Crippen LogP contribution is -1.62. The van der Waals surface area contributed by atoms with Crippen LogP contribution in [0.2, 0.25) is 0 Å². The highest BCUT2D eigenvalue weighted by atomic mass is 13.8. The van der Waals surface area contributed by atoms with E-state index in [1.807, 2.05) is 0 Å². The summed E-state index contributed by atoms with van der Waals surface area (Å²) in [6, 6.07) is 0. The topological polar surface area (TPSA) is 0 Å². The molecule has 0 spiro atoms. The molecule has 0 saturated heterocycles. The van der Waals surface area contributed by atoms with Gasteiger partial charge in [-0.05, 0) is 20.3 Å². The Labute approximate surface area is 51.9 Å². The van der Waals surface area contributed by atoms with Gasteiger partial charge in [0.1, 0.15) is 0 Å². The van der Waals surface area contributed by atoms with Crippen LogP contribution in [-0.2, 0) is 0 Å². The zero-order chi connectivity index (χ0) is 6.41. The van der Waals surface area contributed by atoms with Crippen LogP contribution in [0, 0.1) is 0 Å². The van der Waals surface area contributed by atoms with E-state index < -0.39 is 0 Å². The highest BCUT2D eigenvalue weighted by Crippen LogP contribution is 1.93. The summed E-state index contributed by atoms with van der Waals surface area (Å²) in [5.74, 6) is 0. The molecule has 0 aliphatic rings. The molecule has 0 aromatic carbocycles. The highest BCUT2D eigenvalue weighted by Gasteiger charge is 1.72. The summed E-state index contributed by atoms with van der Waals surface area (Å²) in [4.78, 5) is 0. The van der Waals surface area contributed by atoms with Crippen molar-refractivity contribution in [2.45, 2.75) is 27.2 Å². The maximum absolute atomic E-state index is 2.16. The summed E-state index contributed by atoms with van der Waals surface area (Å²) in [6.45, 7) is 6.29. The predicted molar refractivity (Wildman–Crippen MR) is 38.9 cm³/mol. The quantitative estimate of drug-likeness (QED) is 0.479. The van der Waals surface area contributed by atoms with E-state index in [2.05, 4.69) is 39.0 Å². The molecule has 0 fully saturated rings. The Kier molecular flexibility index (Phi) is 4.33. The van der Waals surface area contributed by atoms with Crippen molar-refractivity contribution in [3.8, 4) is 0 Å². The van der Waals surface area contributed by atoms with Gasteiger partial charge in [0.25, 0.3) is 0 Å². The first kappa shape index (κ1) is 7.48. The fraction of sp³-hybridized carbons (Fsp3) is 0.500. The minimum Gasteiger partial charge on any atom is -0.0847 e. The molecule has 8 heavy (non-hydrogen) atoms. The molecule has 0 unspecified atom stereocenters. The molecule has 0 N–H and O–H groups in total. The molecule has 0 rings (SSSR count). The van der Waals surface area contributed by atoms with Crippen molar-refractivity contribution in [3.63, 3.8) is 0 Å². The van der Waals surface area contributed by atoms with Gasteiger partial charge < -0.3 is 0 Å². The van der Waals surface area contributed by atoms with Crippen LogP contribution < -0.4 is 0 Å². The third-order valence-corrected chi connectivity index (χ3v) is 1.07. The Morgan fingerprint density at radius 1 is 1.50 bits per heavy atom. The molecule has 0 aromatic rings. The maximum Gasteiger partial charge on any atom is -0.0376 e. The van der Waals surface area contributed by atoms with Gasteiger partial charge in [-0.15, -0.1) is 0 Å². The van der Waals surface area contributed by atoms with E-state index >= 15 is 0 Å². The SMILES string of the molecule is CC=C(C)/C=C/CC. The van der Waals surface area contributed by atoms with Gasteiger partial charge in [0.05, 0.1) is 0 Å². The fourth-order valence-corrected chi connectivity index (χ4v) is 0.400. The molecule has 0 heteroatoms. The molecular weight excluding hydrogens is 96.1 g/mol. The van der Waals surface area contributed by atoms with Crippen LogP contribution in [-0.4, -0.2) is 0 Å². The van der Waals surface area contributed by atoms with Crippen molar-refractivity contribution in [2.75, 3.05) is 0 Å².